The van der Waals surface area contributed by atoms with E-state index in [1.54, 1.807) is 0 Å². The Hall–Kier alpha value is -2.30. The van der Waals surface area contributed by atoms with Gasteiger partial charge >= 0.3 is 6.18 Å². The topological polar surface area (TPSA) is 85.2 Å². The zero-order valence-electron chi connectivity index (χ0n) is 16.1. The lowest BCUT2D eigenvalue weighted by molar-refractivity contribution is -0.217. The van der Waals surface area contributed by atoms with Crippen molar-refractivity contribution in [3.8, 4) is 5.75 Å². The van der Waals surface area contributed by atoms with Crippen molar-refractivity contribution in [1.82, 2.24) is 14.9 Å². The molecule has 0 radical (unpaired) electrons. The fourth-order valence-electron chi connectivity index (χ4n) is 4.30. The molecule has 7 nitrogen and oxygen atoms in total. The summed E-state index contributed by atoms with van der Waals surface area (Å²) in [6.45, 7) is 0. The van der Waals surface area contributed by atoms with Crippen molar-refractivity contribution in [1.29, 1.82) is 0 Å². The minimum atomic E-state index is -5.09. The van der Waals surface area contributed by atoms with Crippen molar-refractivity contribution in [2.24, 2.45) is 5.92 Å². The SMILES string of the molecule is COc1ccc2c(nc3n2C(NC(=O)CCC2CCCC2)(C(F)(F)F)C(=O)N3)c1Br. The number of amides is 2. The average Bonchev–Trinajstić information content (AvgIpc) is 3.37. The smallest absolute Gasteiger partial charge is 0.440 e. The van der Waals surface area contributed by atoms with E-state index < -0.39 is 23.7 Å². The summed E-state index contributed by atoms with van der Waals surface area (Å²) in [5.41, 5.74) is -3.06. The Morgan fingerprint density at radius 1 is 1.40 bits per heavy atom. The van der Waals surface area contributed by atoms with Crippen molar-refractivity contribution in [2.45, 2.75) is 50.4 Å². The zero-order chi connectivity index (χ0) is 21.7. The number of aromatic nitrogens is 2. The molecule has 2 aromatic rings. The van der Waals surface area contributed by atoms with E-state index in [-0.39, 0.29) is 23.4 Å². The molecule has 1 aromatic heterocycles. The third kappa shape index (κ3) is 3.14. The molecule has 4 rings (SSSR count). The Morgan fingerprint density at radius 3 is 2.73 bits per heavy atom. The monoisotopic (exact) mass is 488 g/mol. The number of nitrogens with one attached hydrogen (secondary N) is 2. The fraction of sp³-hybridized carbons (Fsp3) is 0.526. The first-order valence-corrected chi connectivity index (χ1v) is 10.4. The Labute approximate surface area is 178 Å². The standard InChI is InChI=1S/C19H20BrF3N4O3/c1-30-12-8-7-11-15(14(12)20)24-17-25-16(29)18(27(11)17,19(21,22)23)26-13(28)9-6-10-4-2-3-5-10/h7-8,10H,2-6,9H2,1H3,(H,26,28)(H,24,25,29). The molecule has 2 aliphatic rings. The highest BCUT2D eigenvalue weighted by Crippen LogP contribution is 2.46. The van der Waals surface area contributed by atoms with Gasteiger partial charge in [-0.2, -0.15) is 13.2 Å². The minimum Gasteiger partial charge on any atom is -0.495 e. The molecule has 2 N–H and O–H groups in total. The molecular formula is C19H20BrF3N4O3. The number of rotatable bonds is 5. The maximum atomic E-state index is 14.3. The second kappa shape index (κ2) is 7.44. The Balaban J connectivity index is 1.75. The molecule has 162 valence electrons. The lowest BCUT2D eigenvalue weighted by Crippen LogP contribution is -2.63. The molecule has 0 saturated heterocycles. The second-order valence-corrected chi connectivity index (χ2v) is 8.41. The summed E-state index contributed by atoms with van der Waals surface area (Å²) in [4.78, 5) is 29.2. The van der Waals surface area contributed by atoms with Gasteiger partial charge in [0, 0.05) is 6.42 Å². The highest BCUT2D eigenvalue weighted by molar-refractivity contribution is 9.10. The van der Waals surface area contributed by atoms with Gasteiger partial charge in [-0.1, -0.05) is 25.7 Å². The van der Waals surface area contributed by atoms with Crippen LogP contribution in [-0.2, 0) is 15.3 Å². The number of benzene rings is 1. The number of carbonyl (C=O) groups is 2. The number of fused-ring (bicyclic) bond motifs is 3. The third-order valence-electron chi connectivity index (χ3n) is 5.82. The van der Waals surface area contributed by atoms with Gasteiger partial charge in [0.25, 0.3) is 11.6 Å². The van der Waals surface area contributed by atoms with Crippen LogP contribution < -0.4 is 15.4 Å². The molecule has 1 fully saturated rings. The zero-order valence-corrected chi connectivity index (χ0v) is 17.7. The number of carbonyl (C=O) groups excluding carboxylic acids is 2. The van der Waals surface area contributed by atoms with Crippen LogP contribution in [0, 0.1) is 5.92 Å². The van der Waals surface area contributed by atoms with Crippen molar-refractivity contribution < 1.29 is 27.5 Å². The molecule has 1 aliphatic carbocycles. The van der Waals surface area contributed by atoms with Gasteiger partial charge in [0.2, 0.25) is 11.9 Å². The van der Waals surface area contributed by atoms with E-state index in [4.69, 9.17) is 4.74 Å². The van der Waals surface area contributed by atoms with E-state index in [0.29, 0.717) is 27.1 Å². The lowest BCUT2D eigenvalue weighted by atomic mass is 10.0. The van der Waals surface area contributed by atoms with E-state index >= 15 is 0 Å². The molecule has 1 atom stereocenters. The summed E-state index contributed by atoms with van der Waals surface area (Å²) in [7, 11) is 1.42. The number of nitrogens with zero attached hydrogens (tertiary/aromatic N) is 2. The first kappa shape index (κ1) is 21.0. The van der Waals surface area contributed by atoms with Gasteiger partial charge in [-0.25, -0.2) is 4.98 Å². The van der Waals surface area contributed by atoms with Crippen LogP contribution in [0.2, 0.25) is 0 Å². The Morgan fingerprint density at radius 2 is 2.10 bits per heavy atom. The number of alkyl halides is 3. The first-order valence-electron chi connectivity index (χ1n) is 9.63. The van der Waals surface area contributed by atoms with Crippen molar-refractivity contribution >= 4 is 44.7 Å². The number of methoxy groups -OCH3 is 1. The maximum absolute atomic E-state index is 14.3. The number of hydrogen-bond acceptors (Lipinski definition) is 4. The van der Waals surface area contributed by atoms with Crippen molar-refractivity contribution in [2.75, 3.05) is 12.4 Å². The van der Waals surface area contributed by atoms with Crippen LogP contribution in [0.25, 0.3) is 11.0 Å². The Bertz CT molecular complexity index is 1020. The molecule has 1 aliphatic heterocycles. The van der Waals surface area contributed by atoms with Crippen LogP contribution >= 0.6 is 15.9 Å². The molecule has 2 amide bonds. The molecule has 30 heavy (non-hydrogen) atoms. The molecule has 11 heteroatoms. The minimum absolute atomic E-state index is 0.0319. The van der Waals surface area contributed by atoms with Gasteiger partial charge in [-0.15, -0.1) is 0 Å². The second-order valence-electron chi connectivity index (χ2n) is 7.62. The van der Waals surface area contributed by atoms with Gasteiger partial charge < -0.3 is 10.1 Å². The molecule has 1 saturated carbocycles. The quantitative estimate of drug-likeness (QED) is 0.664. The van der Waals surface area contributed by atoms with Crippen molar-refractivity contribution in [3.63, 3.8) is 0 Å². The van der Waals surface area contributed by atoms with Gasteiger partial charge in [0.15, 0.2) is 0 Å². The number of hydrogen-bond donors (Lipinski definition) is 2. The Kier molecular flexibility index (Phi) is 5.19. The highest BCUT2D eigenvalue weighted by atomic mass is 79.9. The molecular weight excluding hydrogens is 469 g/mol. The summed E-state index contributed by atoms with van der Waals surface area (Å²) in [6, 6.07) is 2.84. The summed E-state index contributed by atoms with van der Waals surface area (Å²) >= 11 is 3.28. The predicted molar refractivity (Wildman–Crippen MR) is 106 cm³/mol. The van der Waals surface area contributed by atoms with Gasteiger partial charge in [0.1, 0.15) is 11.3 Å². The molecule has 2 heterocycles. The van der Waals surface area contributed by atoms with E-state index in [1.807, 2.05) is 5.32 Å². The summed E-state index contributed by atoms with van der Waals surface area (Å²) in [5.74, 6) is -1.79. The molecule has 1 unspecified atom stereocenters. The molecule has 1 aromatic carbocycles. The van der Waals surface area contributed by atoms with Gasteiger partial charge in [0.05, 0.1) is 17.1 Å². The maximum Gasteiger partial charge on any atom is 0.440 e. The van der Waals surface area contributed by atoms with E-state index in [1.165, 1.54) is 19.2 Å². The largest absolute Gasteiger partial charge is 0.495 e. The first-order chi connectivity index (χ1) is 14.2. The summed E-state index contributed by atoms with van der Waals surface area (Å²) in [5, 5.41) is 4.16. The number of anilines is 1. The van der Waals surface area contributed by atoms with E-state index in [0.717, 1.165) is 25.7 Å². The third-order valence-corrected chi connectivity index (χ3v) is 6.59. The van der Waals surface area contributed by atoms with Gasteiger partial charge in [-0.3, -0.25) is 19.5 Å². The normalized spacial score (nSPS) is 21.7. The lowest BCUT2D eigenvalue weighted by Gasteiger charge is -2.32. The van der Waals surface area contributed by atoms with Crippen LogP contribution in [0.15, 0.2) is 16.6 Å². The predicted octanol–water partition coefficient (Wildman–Crippen LogP) is 4.06. The van der Waals surface area contributed by atoms with E-state index in [9.17, 15) is 22.8 Å². The van der Waals surface area contributed by atoms with Crippen molar-refractivity contribution in [3.05, 3.63) is 16.6 Å². The fourth-order valence-corrected chi connectivity index (χ4v) is 4.89. The van der Waals surface area contributed by atoms with Gasteiger partial charge in [-0.05, 0) is 40.4 Å². The average molecular weight is 489 g/mol. The van der Waals surface area contributed by atoms with Crippen LogP contribution in [0.4, 0.5) is 19.1 Å². The summed E-state index contributed by atoms with van der Waals surface area (Å²) in [6.07, 6.45) is -0.565. The number of halogens is 4. The highest BCUT2D eigenvalue weighted by Gasteiger charge is 2.67. The number of ether oxygens (including phenoxy) is 1. The van der Waals surface area contributed by atoms with Crippen LogP contribution in [0.5, 0.6) is 5.75 Å². The summed E-state index contributed by atoms with van der Waals surface area (Å²) < 4.78 is 49.2. The number of imidazole rings is 1. The van der Waals surface area contributed by atoms with Crippen LogP contribution in [-0.4, -0.2) is 34.7 Å². The molecule has 0 spiro atoms. The molecule has 0 bridgehead atoms. The van der Waals surface area contributed by atoms with Crippen LogP contribution in [0.3, 0.4) is 0 Å². The van der Waals surface area contributed by atoms with E-state index in [2.05, 4.69) is 26.2 Å². The van der Waals surface area contributed by atoms with Crippen LogP contribution in [0.1, 0.15) is 38.5 Å².